The van der Waals surface area contributed by atoms with Crippen LogP contribution >= 0.6 is 11.3 Å². The summed E-state index contributed by atoms with van der Waals surface area (Å²) < 4.78 is 10.3. The number of carbonyl (C=O) groups excluding carboxylic acids is 1. The van der Waals surface area contributed by atoms with Crippen LogP contribution in [0.3, 0.4) is 0 Å². The minimum atomic E-state index is -0.513. The third-order valence-corrected chi connectivity index (χ3v) is 4.13. The standard InChI is InChI=1S/C15H11NO5S/c1-9-2-5-15(22-9)12(17)4-3-10-6-13-14(21-8-20-13)7-11(10)16(18)19/h2-7H,8H2,1H3/b4-3+. The van der Waals surface area contributed by atoms with Crippen LogP contribution < -0.4 is 9.47 Å². The molecule has 112 valence electrons. The fraction of sp³-hybridized carbons (Fsp3) is 0.133. The number of hydrogen-bond acceptors (Lipinski definition) is 6. The van der Waals surface area contributed by atoms with Gasteiger partial charge in [-0.25, -0.2) is 0 Å². The number of nitro groups is 1. The molecule has 0 radical (unpaired) electrons. The van der Waals surface area contributed by atoms with Gasteiger partial charge in [0.2, 0.25) is 6.79 Å². The number of benzene rings is 1. The topological polar surface area (TPSA) is 78.7 Å². The summed E-state index contributed by atoms with van der Waals surface area (Å²) in [6.45, 7) is 1.95. The monoisotopic (exact) mass is 317 g/mol. The molecule has 0 saturated carbocycles. The van der Waals surface area contributed by atoms with E-state index in [1.165, 1.54) is 35.6 Å². The molecular weight excluding hydrogens is 306 g/mol. The SMILES string of the molecule is Cc1ccc(C(=O)/C=C/c2cc3c(cc2[N+](=O)[O-])OCO3)s1. The Hall–Kier alpha value is -2.67. The second kappa shape index (κ2) is 5.61. The Kier molecular flexibility index (Phi) is 3.64. The Balaban J connectivity index is 1.92. The van der Waals surface area contributed by atoms with E-state index in [0.717, 1.165) is 4.88 Å². The van der Waals surface area contributed by atoms with Gasteiger partial charge in [-0.15, -0.1) is 11.3 Å². The van der Waals surface area contributed by atoms with Crippen LogP contribution in [-0.2, 0) is 0 Å². The van der Waals surface area contributed by atoms with E-state index in [2.05, 4.69) is 0 Å². The van der Waals surface area contributed by atoms with Crippen molar-refractivity contribution in [2.24, 2.45) is 0 Å². The molecule has 0 saturated heterocycles. The Bertz CT molecular complexity index is 793. The number of rotatable bonds is 4. The molecule has 1 aliphatic heterocycles. The molecule has 0 atom stereocenters. The summed E-state index contributed by atoms with van der Waals surface area (Å²) in [6, 6.07) is 6.40. The van der Waals surface area contributed by atoms with Gasteiger partial charge in [-0.1, -0.05) is 0 Å². The highest BCUT2D eigenvalue weighted by Gasteiger charge is 2.22. The van der Waals surface area contributed by atoms with Crippen molar-refractivity contribution in [1.29, 1.82) is 0 Å². The predicted molar refractivity (Wildman–Crippen MR) is 81.6 cm³/mol. The quantitative estimate of drug-likeness (QED) is 0.373. The summed E-state index contributed by atoms with van der Waals surface area (Å²) >= 11 is 1.38. The number of nitrogens with zero attached hydrogens (tertiary/aromatic N) is 1. The number of nitro benzene ring substituents is 1. The largest absolute Gasteiger partial charge is 0.454 e. The summed E-state index contributed by atoms with van der Waals surface area (Å²) in [5.74, 6) is 0.582. The predicted octanol–water partition coefficient (Wildman–Crippen LogP) is 3.59. The maximum absolute atomic E-state index is 12.0. The smallest absolute Gasteiger partial charge is 0.280 e. The number of hydrogen-bond donors (Lipinski definition) is 0. The normalized spacial score (nSPS) is 12.8. The van der Waals surface area contributed by atoms with Crippen LogP contribution in [0.2, 0.25) is 0 Å². The average Bonchev–Trinajstić information content (AvgIpc) is 3.11. The van der Waals surface area contributed by atoms with Crippen LogP contribution in [0, 0.1) is 17.0 Å². The molecule has 0 aliphatic carbocycles. The molecule has 0 bridgehead atoms. The van der Waals surface area contributed by atoms with Crippen molar-refractivity contribution in [2.75, 3.05) is 6.79 Å². The van der Waals surface area contributed by atoms with Gasteiger partial charge in [-0.2, -0.15) is 0 Å². The van der Waals surface area contributed by atoms with Crippen molar-refractivity contribution in [1.82, 2.24) is 0 Å². The number of ether oxygens (including phenoxy) is 2. The summed E-state index contributed by atoms with van der Waals surface area (Å²) in [7, 11) is 0. The summed E-state index contributed by atoms with van der Waals surface area (Å²) in [5, 5.41) is 11.1. The van der Waals surface area contributed by atoms with Gasteiger partial charge in [0.05, 0.1) is 21.4 Å². The number of fused-ring (bicyclic) bond motifs is 1. The first-order valence-electron chi connectivity index (χ1n) is 6.41. The third-order valence-electron chi connectivity index (χ3n) is 3.12. The van der Waals surface area contributed by atoms with Crippen molar-refractivity contribution < 1.29 is 19.2 Å². The highest BCUT2D eigenvalue weighted by Crippen LogP contribution is 2.38. The molecule has 0 spiro atoms. The molecule has 0 fully saturated rings. The first kappa shape index (κ1) is 14.3. The van der Waals surface area contributed by atoms with E-state index in [-0.39, 0.29) is 18.3 Å². The second-order valence-electron chi connectivity index (χ2n) is 4.63. The van der Waals surface area contributed by atoms with E-state index in [0.29, 0.717) is 21.9 Å². The van der Waals surface area contributed by atoms with Crippen molar-refractivity contribution in [2.45, 2.75) is 6.92 Å². The Morgan fingerprint density at radius 3 is 2.68 bits per heavy atom. The molecule has 1 aromatic heterocycles. The van der Waals surface area contributed by atoms with Gasteiger partial charge in [0, 0.05) is 4.88 Å². The van der Waals surface area contributed by atoms with Crippen molar-refractivity contribution in [3.63, 3.8) is 0 Å². The lowest BCUT2D eigenvalue weighted by Gasteiger charge is -2.00. The zero-order valence-corrected chi connectivity index (χ0v) is 12.4. The molecule has 2 aromatic rings. The Morgan fingerprint density at radius 2 is 2.05 bits per heavy atom. The fourth-order valence-corrected chi connectivity index (χ4v) is 2.84. The van der Waals surface area contributed by atoms with Gasteiger partial charge in [-0.3, -0.25) is 14.9 Å². The van der Waals surface area contributed by atoms with E-state index >= 15 is 0 Å². The zero-order valence-electron chi connectivity index (χ0n) is 11.6. The van der Waals surface area contributed by atoms with Crippen LogP contribution in [0.4, 0.5) is 5.69 Å². The van der Waals surface area contributed by atoms with Crippen molar-refractivity contribution in [3.8, 4) is 11.5 Å². The first-order chi connectivity index (χ1) is 10.5. The van der Waals surface area contributed by atoms with Gasteiger partial charge >= 0.3 is 0 Å². The minimum Gasteiger partial charge on any atom is -0.454 e. The molecule has 0 amide bonds. The average molecular weight is 317 g/mol. The van der Waals surface area contributed by atoms with Crippen LogP contribution in [0.15, 0.2) is 30.3 Å². The minimum absolute atomic E-state index is 0.0348. The summed E-state index contributed by atoms with van der Waals surface area (Å²) in [6.07, 6.45) is 2.76. The van der Waals surface area contributed by atoms with Crippen LogP contribution in [0.1, 0.15) is 20.1 Å². The number of aryl methyl sites for hydroxylation is 1. The van der Waals surface area contributed by atoms with Gasteiger partial charge in [-0.05, 0) is 37.3 Å². The van der Waals surface area contributed by atoms with Gasteiger partial charge in [0.1, 0.15) is 0 Å². The number of allylic oxidation sites excluding steroid dienone is 1. The number of carbonyl (C=O) groups is 1. The number of thiophene rings is 1. The Morgan fingerprint density at radius 1 is 1.32 bits per heavy atom. The highest BCUT2D eigenvalue weighted by molar-refractivity contribution is 7.14. The zero-order chi connectivity index (χ0) is 15.7. The summed E-state index contributed by atoms with van der Waals surface area (Å²) in [4.78, 5) is 24.3. The van der Waals surface area contributed by atoms with E-state index in [4.69, 9.17) is 9.47 Å². The second-order valence-corrected chi connectivity index (χ2v) is 5.92. The molecular formula is C15H11NO5S. The maximum Gasteiger partial charge on any atom is 0.280 e. The first-order valence-corrected chi connectivity index (χ1v) is 7.23. The lowest BCUT2D eigenvalue weighted by Crippen LogP contribution is -1.93. The van der Waals surface area contributed by atoms with Crippen molar-refractivity contribution >= 4 is 28.9 Å². The maximum atomic E-state index is 12.0. The molecule has 22 heavy (non-hydrogen) atoms. The third kappa shape index (κ3) is 2.71. The molecule has 1 aromatic carbocycles. The van der Waals surface area contributed by atoms with E-state index in [9.17, 15) is 14.9 Å². The fourth-order valence-electron chi connectivity index (χ4n) is 2.05. The molecule has 0 N–H and O–H groups in total. The van der Waals surface area contributed by atoms with E-state index in [1.807, 2.05) is 13.0 Å². The van der Waals surface area contributed by atoms with Crippen molar-refractivity contribution in [3.05, 3.63) is 55.8 Å². The van der Waals surface area contributed by atoms with Crippen LogP contribution in [-0.4, -0.2) is 17.5 Å². The molecule has 3 rings (SSSR count). The lowest BCUT2D eigenvalue weighted by molar-refractivity contribution is -0.385. The molecule has 0 unspecified atom stereocenters. The van der Waals surface area contributed by atoms with Crippen LogP contribution in [0.5, 0.6) is 11.5 Å². The van der Waals surface area contributed by atoms with Gasteiger partial charge in [0.25, 0.3) is 5.69 Å². The molecule has 6 nitrogen and oxygen atoms in total. The lowest BCUT2D eigenvalue weighted by atomic mass is 10.1. The Labute approximate surface area is 129 Å². The number of ketones is 1. The van der Waals surface area contributed by atoms with Crippen LogP contribution in [0.25, 0.3) is 6.08 Å². The van der Waals surface area contributed by atoms with Gasteiger partial charge in [0.15, 0.2) is 17.3 Å². The molecule has 2 heterocycles. The van der Waals surface area contributed by atoms with E-state index < -0.39 is 4.92 Å². The highest BCUT2D eigenvalue weighted by atomic mass is 32.1. The van der Waals surface area contributed by atoms with E-state index in [1.54, 1.807) is 6.07 Å². The molecule has 7 heteroatoms. The molecule has 1 aliphatic rings. The van der Waals surface area contributed by atoms with Gasteiger partial charge < -0.3 is 9.47 Å². The summed E-state index contributed by atoms with van der Waals surface area (Å²) in [5.41, 5.74) is 0.173.